The van der Waals surface area contributed by atoms with Crippen molar-refractivity contribution in [3.8, 4) is 0 Å². The van der Waals surface area contributed by atoms with Gasteiger partial charge in [0.1, 0.15) is 0 Å². The van der Waals surface area contributed by atoms with Crippen molar-refractivity contribution >= 4 is 21.7 Å². The molecule has 1 aliphatic heterocycles. The molecule has 0 spiro atoms. The molecule has 2 aromatic carbocycles. The number of fused-ring (bicyclic) bond motifs is 1. The minimum absolute atomic E-state index is 0.0799. The molecule has 0 radical (unpaired) electrons. The number of carbonyl (C=O) groups is 1. The number of anilines is 1. The maximum absolute atomic E-state index is 13.0. The van der Waals surface area contributed by atoms with E-state index in [0.717, 1.165) is 11.1 Å². The van der Waals surface area contributed by atoms with Gasteiger partial charge in [0.2, 0.25) is 10.0 Å². The van der Waals surface area contributed by atoms with Gasteiger partial charge in [0.05, 0.1) is 30.5 Å². The zero-order chi connectivity index (χ0) is 18.8. The Balaban J connectivity index is 2.11. The molecule has 138 valence electrons. The van der Waals surface area contributed by atoms with Crippen LogP contribution in [0.4, 0.5) is 5.69 Å². The number of esters is 1. The van der Waals surface area contributed by atoms with Crippen molar-refractivity contribution in [3.05, 3.63) is 65.7 Å². The van der Waals surface area contributed by atoms with Crippen molar-refractivity contribution in [2.45, 2.75) is 19.8 Å². The molecule has 0 N–H and O–H groups in total. The Bertz CT molecular complexity index is 895. The molecule has 0 fully saturated rings. The molecule has 0 bridgehead atoms. The predicted molar refractivity (Wildman–Crippen MR) is 102 cm³/mol. The monoisotopic (exact) mass is 373 g/mol. The molecule has 26 heavy (non-hydrogen) atoms. The SMILES string of the molecule is CCOC(=O)C1(Cc2ccccc2)Cc2ccccc2N(S(C)(=O)=O)C1. The van der Waals surface area contributed by atoms with Gasteiger partial charge in [0.15, 0.2) is 0 Å². The molecule has 1 unspecified atom stereocenters. The Hall–Kier alpha value is -2.34. The van der Waals surface area contributed by atoms with Gasteiger partial charge in [-0.1, -0.05) is 48.5 Å². The van der Waals surface area contributed by atoms with Crippen molar-refractivity contribution in [1.82, 2.24) is 0 Å². The van der Waals surface area contributed by atoms with E-state index < -0.39 is 15.4 Å². The molecule has 1 atom stereocenters. The average molecular weight is 373 g/mol. The zero-order valence-electron chi connectivity index (χ0n) is 15.0. The number of para-hydroxylation sites is 1. The quantitative estimate of drug-likeness (QED) is 0.756. The summed E-state index contributed by atoms with van der Waals surface area (Å²) < 4.78 is 31.6. The fraction of sp³-hybridized carbons (Fsp3) is 0.350. The van der Waals surface area contributed by atoms with Crippen molar-refractivity contribution in [3.63, 3.8) is 0 Å². The third-order valence-corrected chi connectivity index (χ3v) is 5.86. The summed E-state index contributed by atoms with van der Waals surface area (Å²) in [6, 6.07) is 17.0. The Morgan fingerprint density at radius 1 is 1.12 bits per heavy atom. The van der Waals surface area contributed by atoms with E-state index in [-0.39, 0.29) is 19.1 Å². The van der Waals surface area contributed by atoms with Gasteiger partial charge < -0.3 is 4.74 Å². The van der Waals surface area contributed by atoms with Crippen LogP contribution in [0.5, 0.6) is 0 Å². The second-order valence-corrected chi connectivity index (χ2v) is 8.65. The Kier molecular flexibility index (Phi) is 5.05. The second kappa shape index (κ2) is 7.11. The summed E-state index contributed by atoms with van der Waals surface area (Å²) >= 11 is 0. The van der Waals surface area contributed by atoms with Crippen LogP contribution in [0.25, 0.3) is 0 Å². The third kappa shape index (κ3) is 3.60. The van der Waals surface area contributed by atoms with E-state index in [0.29, 0.717) is 18.5 Å². The highest BCUT2D eigenvalue weighted by atomic mass is 32.2. The number of carbonyl (C=O) groups excluding carboxylic acids is 1. The summed E-state index contributed by atoms with van der Waals surface area (Å²) in [6.07, 6.45) is 2.05. The van der Waals surface area contributed by atoms with Gasteiger partial charge in [-0.25, -0.2) is 8.42 Å². The highest BCUT2D eigenvalue weighted by molar-refractivity contribution is 7.92. The van der Waals surface area contributed by atoms with Crippen LogP contribution in [-0.4, -0.2) is 33.8 Å². The lowest BCUT2D eigenvalue weighted by Gasteiger charge is -2.41. The van der Waals surface area contributed by atoms with Crippen molar-refractivity contribution in [1.29, 1.82) is 0 Å². The van der Waals surface area contributed by atoms with Crippen LogP contribution in [0.15, 0.2) is 54.6 Å². The van der Waals surface area contributed by atoms with Crippen LogP contribution < -0.4 is 4.31 Å². The normalized spacial score (nSPS) is 19.7. The predicted octanol–water partition coefficient (Wildman–Crippen LogP) is 2.80. The Morgan fingerprint density at radius 3 is 2.42 bits per heavy atom. The topological polar surface area (TPSA) is 63.7 Å². The van der Waals surface area contributed by atoms with E-state index in [1.807, 2.05) is 48.5 Å². The lowest BCUT2D eigenvalue weighted by molar-refractivity contribution is -0.155. The van der Waals surface area contributed by atoms with E-state index in [1.54, 1.807) is 13.0 Å². The van der Waals surface area contributed by atoms with E-state index in [2.05, 4.69) is 0 Å². The summed E-state index contributed by atoms with van der Waals surface area (Å²) in [5.74, 6) is -0.355. The second-order valence-electron chi connectivity index (χ2n) is 6.74. The number of hydrogen-bond acceptors (Lipinski definition) is 4. The Labute approximate surface area is 154 Å². The zero-order valence-corrected chi connectivity index (χ0v) is 15.8. The van der Waals surface area contributed by atoms with Crippen molar-refractivity contribution < 1.29 is 17.9 Å². The van der Waals surface area contributed by atoms with Crippen LogP contribution in [0.1, 0.15) is 18.1 Å². The number of benzene rings is 2. The summed E-state index contributed by atoms with van der Waals surface area (Å²) in [7, 11) is -3.53. The summed E-state index contributed by atoms with van der Waals surface area (Å²) in [5, 5.41) is 0. The molecule has 6 heteroatoms. The molecule has 5 nitrogen and oxygen atoms in total. The third-order valence-electron chi connectivity index (χ3n) is 4.73. The van der Waals surface area contributed by atoms with Crippen LogP contribution in [0, 0.1) is 5.41 Å². The molecule has 1 heterocycles. The first-order chi connectivity index (χ1) is 12.4. The molecule has 0 saturated carbocycles. The fourth-order valence-electron chi connectivity index (χ4n) is 3.58. The lowest BCUT2D eigenvalue weighted by atomic mass is 9.74. The standard InChI is InChI=1S/C20H23NO4S/c1-3-25-19(22)20(13-16-9-5-4-6-10-16)14-17-11-7-8-12-18(17)21(15-20)26(2,23)24/h4-12H,3,13-15H2,1-2H3. The molecule has 0 aliphatic carbocycles. The van der Waals surface area contributed by atoms with Crippen LogP contribution in [0.2, 0.25) is 0 Å². The van der Waals surface area contributed by atoms with Gasteiger partial charge in [-0.05, 0) is 37.0 Å². The molecule has 3 rings (SSSR count). The van der Waals surface area contributed by atoms with Gasteiger partial charge in [0.25, 0.3) is 0 Å². The highest BCUT2D eigenvalue weighted by Gasteiger charge is 2.47. The van der Waals surface area contributed by atoms with Gasteiger partial charge in [-0.3, -0.25) is 9.10 Å². The van der Waals surface area contributed by atoms with E-state index in [4.69, 9.17) is 4.74 Å². The van der Waals surface area contributed by atoms with Crippen molar-refractivity contribution in [2.24, 2.45) is 5.41 Å². The summed E-state index contributed by atoms with van der Waals surface area (Å²) in [5.41, 5.74) is 1.51. The maximum Gasteiger partial charge on any atom is 0.314 e. The van der Waals surface area contributed by atoms with Gasteiger partial charge >= 0.3 is 5.97 Å². The van der Waals surface area contributed by atoms with Crippen LogP contribution in [0.3, 0.4) is 0 Å². The van der Waals surface area contributed by atoms with E-state index in [9.17, 15) is 13.2 Å². The van der Waals surface area contributed by atoms with Gasteiger partial charge in [0, 0.05) is 0 Å². The summed E-state index contributed by atoms with van der Waals surface area (Å²) in [6.45, 7) is 2.10. The highest BCUT2D eigenvalue weighted by Crippen LogP contribution is 2.41. The van der Waals surface area contributed by atoms with Crippen molar-refractivity contribution in [2.75, 3.05) is 23.7 Å². The number of hydrogen-bond donors (Lipinski definition) is 0. The molecule has 1 aliphatic rings. The molecular weight excluding hydrogens is 350 g/mol. The first kappa shape index (κ1) is 18.5. The molecular formula is C20H23NO4S. The summed E-state index contributed by atoms with van der Waals surface area (Å²) in [4.78, 5) is 13.0. The number of rotatable bonds is 5. The lowest BCUT2D eigenvalue weighted by Crippen LogP contribution is -2.52. The average Bonchev–Trinajstić information content (AvgIpc) is 2.61. The largest absolute Gasteiger partial charge is 0.465 e. The first-order valence-electron chi connectivity index (χ1n) is 8.62. The molecule has 0 saturated heterocycles. The first-order valence-corrected chi connectivity index (χ1v) is 10.5. The smallest absolute Gasteiger partial charge is 0.314 e. The number of nitrogens with zero attached hydrogens (tertiary/aromatic N) is 1. The molecule has 2 aromatic rings. The van der Waals surface area contributed by atoms with Gasteiger partial charge in [-0.15, -0.1) is 0 Å². The fourth-order valence-corrected chi connectivity index (χ4v) is 4.60. The number of ether oxygens (including phenoxy) is 1. The minimum atomic E-state index is -3.53. The minimum Gasteiger partial charge on any atom is -0.465 e. The van der Waals surface area contributed by atoms with E-state index in [1.165, 1.54) is 10.6 Å². The van der Waals surface area contributed by atoms with E-state index >= 15 is 0 Å². The number of sulfonamides is 1. The van der Waals surface area contributed by atoms with Crippen LogP contribution in [-0.2, 0) is 32.4 Å². The molecule has 0 amide bonds. The van der Waals surface area contributed by atoms with Crippen LogP contribution >= 0.6 is 0 Å². The maximum atomic E-state index is 13.0. The molecule has 0 aromatic heterocycles. The van der Waals surface area contributed by atoms with Gasteiger partial charge in [-0.2, -0.15) is 0 Å². The Morgan fingerprint density at radius 2 is 1.77 bits per heavy atom.